The van der Waals surface area contributed by atoms with Gasteiger partial charge in [0, 0.05) is 15.5 Å². The first kappa shape index (κ1) is 14.5. The largest absolute Gasteiger partial charge is 0.422 e. The van der Waals surface area contributed by atoms with Gasteiger partial charge in [0.15, 0.2) is 0 Å². The van der Waals surface area contributed by atoms with E-state index in [0.29, 0.717) is 16.7 Å². The Kier molecular flexibility index (Phi) is 3.81. The summed E-state index contributed by atoms with van der Waals surface area (Å²) in [5, 5.41) is 3.41. The van der Waals surface area contributed by atoms with Crippen LogP contribution in [0.3, 0.4) is 0 Å². The molecule has 110 valence electrons. The summed E-state index contributed by atoms with van der Waals surface area (Å²) in [6.45, 7) is 1.95. The lowest BCUT2D eigenvalue weighted by Crippen LogP contribution is -2.20. The summed E-state index contributed by atoms with van der Waals surface area (Å²) in [7, 11) is 0. The molecule has 3 rings (SSSR count). The summed E-state index contributed by atoms with van der Waals surface area (Å²) in [5.41, 5.74) is 1.46. The van der Waals surface area contributed by atoms with Crippen molar-refractivity contribution in [2.75, 3.05) is 5.32 Å². The number of anilines is 1. The summed E-state index contributed by atoms with van der Waals surface area (Å²) in [4.78, 5) is 24.2. The molecule has 0 aliphatic heterocycles. The Morgan fingerprint density at radius 3 is 2.68 bits per heavy atom. The van der Waals surface area contributed by atoms with Gasteiger partial charge in [-0.2, -0.15) is 0 Å². The molecule has 0 saturated carbocycles. The molecule has 3 aromatic rings. The topological polar surface area (TPSA) is 59.3 Å². The van der Waals surface area contributed by atoms with Crippen LogP contribution in [0.15, 0.2) is 62.2 Å². The van der Waals surface area contributed by atoms with Gasteiger partial charge in [-0.25, -0.2) is 4.79 Å². The summed E-state index contributed by atoms with van der Waals surface area (Å²) < 4.78 is 6.05. The Hall–Kier alpha value is -2.40. The van der Waals surface area contributed by atoms with Crippen LogP contribution in [-0.4, -0.2) is 5.91 Å². The standard InChI is InChI=1S/C17H12BrNO3/c1-10-6-7-12(9-14(10)18)19-16(20)13-8-11-4-2-3-5-15(11)22-17(13)21/h2-9H,1H3,(H,19,20). The Morgan fingerprint density at radius 1 is 1.14 bits per heavy atom. The summed E-state index contributed by atoms with van der Waals surface area (Å²) in [5.74, 6) is -0.491. The first-order chi connectivity index (χ1) is 10.5. The highest BCUT2D eigenvalue weighted by Gasteiger charge is 2.14. The van der Waals surface area contributed by atoms with Crippen molar-refractivity contribution in [1.82, 2.24) is 0 Å². The van der Waals surface area contributed by atoms with E-state index in [-0.39, 0.29) is 5.56 Å². The second-order valence-corrected chi connectivity index (χ2v) is 5.76. The zero-order valence-electron chi connectivity index (χ0n) is 11.7. The van der Waals surface area contributed by atoms with Gasteiger partial charge in [-0.3, -0.25) is 4.79 Å². The third-order valence-corrected chi connectivity index (χ3v) is 4.17. The van der Waals surface area contributed by atoms with Crippen molar-refractivity contribution in [2.45, 2.75) is 6.92 Å². The number of para-hydroxylation sites is 1. The van der Waals surface area contributed by atoms with Crippen LogP contribution in [0.2, 0.25) is 0 Å². The number of hydrogen-bond acceptors (Lipinski definition) is 3. The van der Waals surface area contributed by atoms with E-state index in [0.717, 1.165) is 10.0 Å². The Labute approximate surface area is 134 Å². The van der Waals surface area contributed by atoms with Crippen molar-refractivity contribution in [3.8, 4) is 0 Å². The number of hydrogen-bond donors (Lipinski definition) is 1. The maximum atomic E-state index is 12.3. The van der Waals surface area contributed by atoms with Gasteiger partial charge in [0.1, 0.15) is 11.1 Å². The highest BCUT2D eigenvalue weighted by atomic mass is 79.9. The monoisotopic (exact) mass is 357 g/mol. The maximum Gasteiger partial charge on any atom is 0.349 e. The second kappa shape index (κ2) is 5.77. The zero-order chi connectivity index (χ0) is 15.7. The van der Waals surface area contributed by atoms with E-state index >= 15 is 0 Å². The molecule has 0 unspecified atom stereocenters. The van der Waals surface area contributed by atoms with E-state index in [2.05, 4.69) is 21.2 Å². The fraction of sp³-hybridized carbons (Fsp3) is 0.0588. The Morgan fingerprint density at radius 2 is 1.91 bits per heavy atom. The molecule has 1 aromatic heterocycles. The number of aryl methyl sites for hydroxylation is 1. The second-order valence-electron chi connectivity index (χ2n) is 4.90. The molecule has 5 heteroatoms. The number of carbonyl (C=O) groups is 1. The predicted molar refractivity (Wildman–Crippen MR) is 89.3 cm³/mol. The summed E-state index contributed by atoms with van der Waals surface area (Å²) in [6.07, 6.45) is 0. The van der Waals surface area contributed by atoms with Gasteiger partial charge >= 0.3 is 5.63 Å². The van der Waals surface area contributed by atoms with Crippen molar-refractivity contribution in [1.29, 1.82) is 0 Å². The molecule has 1 heterocycles. The molecule has 0 spiro atoms. The number of halogens is 1. The Balaban J connectivity index is 1.96. The van der Waals surface area contributed by atoms with Crippen molar-refractivity contribution < 1.29 is 9.21 Å². The van der Waals surface area contributed by atoms with Gasteiger partial charge in [-0.05, 0) is 36.8 Å². The minimum atomic E-state index is -0.651. The smallest absolute Gasteiger partial charge is 0.349 e. The van der Waals surface area contributed by atoms with Gasteiger partial charge in [0.25, 0.3) is 5.91 Å². The van der Waals surface area contributed by atoms with Gasteiger partial charge in [0.05, 0.1) is 0 Å². The van der Waals surface area contributed by atoms with Crippen LogP contribution in [0.1, 0.15) is 15.9 Å². The first-order valence-electron chi connectivity index (χ1n) is 6.65. The minimum absolute atomic E-state index is 0.0182. The van der Waals surface area contributed by atoms with Crippen molar-refractivity contribution in [2.24, 2.45) is 0 Å². The molecule has 1 amide bonds. The highest BCUT2D eigenvalue weighted by molar-refractivity contribution is 9.10. The number of carbonyl (C=O) groups excluding carboxylic acids is 1. The van der Waals surface area contributed by atoms with Crippen LogP contribution in [0.5, 0.6) is 0 Å². The summed E-state index contributed by atoms with van der Waals surface area (Å²) >= 11 is 3.41. The first-order valence-corrected chi connectivity index (χ1v) is 7.44. The molecule has 4 nitrogen and oxygen atoms in total. The predicted octanol–water partition coefficient (Wildman–Crippen LogP) is 4.12. The lowest BCUT2D eigenvalue weighted by molar-refractivity contribution is 0.102. The van der Waals surface area contributed by atoms with Crippen LogP contribution in [0.25, 0.3) is 11.0 Å². The van der Waals surface area contributed by atoms with Crippen LogP contribution >= 0.6 is 15.9 Å². The number of nitrogens with one attached hydrogen (secondary N) is 1. The van der Waals surface area contributed by atoms with Crippen LogP contribution in [-0.2, 0) is 0 Å². The molecule has 0 aliphatic rings. The van der Waals surface area contributed by atoms with Crippen LogP contribution in [0, 0.1) is 6.92 Å². The highest BCUT2D eigenvalue weighted by Crippen LogP contribution is 2.21. The van der Waals surface area contributed by atoms with Crippen LogP contribution < -0.4 is 10.9 Å². The average Bonchev–Trinajstić information content (AvgIpc) is 2.50. The lowest BCUT2D eigenvalue weighted by Gasteiger charge is -2.07. The molecule has 0 atom stereocenters. The van der Waals surface area contributed by atoms with E-state index in [4.69, 9.17) is 4.42 Å². The minimum Gasteiger partial charge on any atom is -0.422 e. The van der Waals surface area contributed by atoms with Gasteiger partial charge in [-0.15, -0.1) is 0 Å². The molecular weight excluding hydrogens is 346 g/mol. The van der Waals surface area contributed by atoms with Gasteiger partial charge in [0.2, 0.25) is 0 Å². The SMILES string of the molecule is Cc1ccc(NC(=O)c2cc3ccccc3oc2=O)cc1Br. The van der Waals surface area contributed by atoms with E-state index in [1.807, 2.05) is 19.1 Å². The zero-order valence-corrected chi connectivity index (χ0v) is 13.3. The third-order valence-electron chi connectivity index (χ3n) is 3.32. The molecule has 0 aliphatic carbocycles. The fourth-order valence-corrected chi connectivity index (χ4v) is 2.47. The molecule has 22 heavy (non-hydrogen) atoms. The third kappa shape index (κ3) is 2.80. The van der Waals surface area contributed by atoms with Crippen molar-refractivity contribution in [3.05, 3.63) is 74.6 Å². The number of rotatable bonds is 2. The lowest BCUT2D eigenvalue weighted by atomic mass is 10.1. The van der Waals surface area contributed by atoms with Gasteiger partial charge < -0.3 is 9.73 Å². The normalized spacial score (nSPS) is 10.6. The number of amides is 1. The van der Waals surface area contributed by atoms with Crippen LogP contribution in [0.4, 0.5) is 5.69 Å². The number of fused-ring (bicyclic) bond motifs is 1. The Bertz CT molecular complexity index is 931. The average molecular weight is 358 g/mol. The number of benzene rings is 2. The fourth-order valence-electron chi connectivity index (χ4n) is 2.09. The van der Waals surface area contributed by atoms with E-state index in [1.165, 1.54) is 0 Å². The molecule has 0 radical (unpaired) electrons. The van der Waals surface area contributed by atoms with E-state index in [1.54, 1.807) is 36.4 Å². The van der Waals surface area contributed by atoms with Gasteiger partial charge in [-0.1, -0.05) is 40.2 Å². The van der Waals surface area contributed by atoms with Crippen molar-refractivity contribution in [3.63, 3.8) is 0 Å². The van der Waals surface area contributed by atoms with E-state index in [9.17, 15) is 9.59 Å². The molecule has 0 bridgehead atoms. The van der Waals surface area contributed by atoms with Crippen molar-refractivity contribution >= 4 is 38.5 Å². The molecule has 0 saturated heterocycles. The quantitative estimate of drug-likeness (QED) is 0.701. The molecule has 0 fully saturated rings. The maximum absolute atomic E-state index is 12.3. The summed E-state index contributed by atoms with van der Waals surface area (Å²) in [6, 6.07) is 14.1. The molecule has 1 N–H and O–H groups in total. The van der Waals surface area contributed by atoms with E-state index < -0.39 is 11.5 Å². The molecule has 2 aromatic carbocycles. The molecular formula is C17H12BrNO3.